The third-order valence-corrected chi connectivity index (χ3v) is 3.82. The molecule has 1 aliphatic rings. The van der Waals surface area contributed by atoms with Crippen molar-refractivity contribution < 1.29 is 23.9 Å². The highest BCUT2D eigenvalue weighted by Gasteiger charge is 2.27. The molecular weight excluding hydrogens is 326 g/mol. The Hall–Kier alpha value is -2.90. The van der Waals surface area contributed by atoms with Crippen LogP contribution in [0.3, 0.4) is 0 Å². The summed E-state index contributed by atoms with van der Waals surface area (Å²) in [6.45, 7) is 0.350. The van der Waals surface area contributed by atoms with E-state index in [0.717, 1.165) is 0 Å². The van der Waals surface area contributed by atoms with Crippen LogP contribution in [0.2, 0.25) is 0 Å². The highest BCUT2D eigenvalue weighted by molar-refractivity contribution is 6.09. The number of esters is 1. The van der Waals surface area contributed by atoms with Crippen LogP contribution in [-0.4, -0.2) is 43.4 Å². The number of hydrogen-bond donors (Lipinski definition) is 3. The lowest BCUT2D eigenvalue weighted by Crippen LogP contribution is -2.42. The first-order valence-electron chi connectivity index (χ1n) is 8.05. The first-order valence-corrected chi connectivity index (χ1v) is 8.05. The average Bonchev–Trinajstić information content (AvgIpc) is 2.73. The number of rotatable bonds is 7. The van der Waals surface area contributed by atoms with Gasteiger partial charge in [0.25, 0.3) is 5.91 Å². The molecule has 0 saturated carbocycles. The van der Waals surface area contributed by atoms with Gasteiger partial charge in [0, 0.05) is 19.4 Å². The first kappa shape index (κ1) is 18.4. The van der Waals surface area contributed by atoms with Crippen LogP contribution in [0.4, 0.5) is 5.69 Å². The van der Waals surface area contributed by atoms with Gasteiger partial charge in [-0.1, -0.05) is 12.1 Å². The zero-order valence-corrected chi connectivity index (χ0v) is 14.0. The predicted molar refractivity (Wildman–Crippen MR) is 89.8 cm³/mol. The van der Waals surface area contributed by atoms with Gasteiger partial charge in [0.2, 0.25) is 11.8 Å². The Balaban J connectivity index is 1.79. The Kier molecular flexibility index (Phi) is 6.50. The molecule has 0 unspecified atom stereocenters. The molecule has 0 saturated heterocycles. The maximum atomic E-state index is 12.2. The molecule has 8 nitrogen and oxygen atoms in total. The second-order valence-electron chi connectivity index (χ2n) is 5.63. The molecular formula is C17H21N3O5. The van der Waals surface area contributed by atoms with Gasteiger partial charge in [-0.3, -0.25) is 19.2 Å². The average molecular weight is 347 g/mol. The summed E-state index contributed by atoms with van der Waals surface area (Å²) >= 11 is 0. The molecule has 25 heavy (non-hydrogen) atoms. The summed E-state index contributed by atoms with van der Waals surface area (Å²) < 4.78 is 4.51. The molecule has 1 atom stereocenters. The van der Waals surface area contributed by atoms with Gasteiger partial charge in [-0.2, -0.15) is 0 Å². The van der Waals surface area contributed by atoms with Crippen LogP contribution in [0.5, 0.6) is 0 Å². The fourth-order valence-electron chi connectivity index (χ4n) is 2.44. The van der Waals surface area contributed by atoms with E-state index in [0.29, 0.717) is 24.2 Å². The number of nitrogens with one attached hydrogen (secondary N) is 3. The van der Waals surface area contributed by atoms with Crippen LogP contribution in [0.15, 0.2) is 24.3 Å². The monoisotopic (exact) mass is 347 g/mol. The molecule has 3 N–H and O–H groups in total. The molecule has 1 aromatic rings. The molecule has 0 spiro atoms. The topological polar surface area (TPSA) is 114 Å². The largest absolute Gasteiger partial charge is 0.469 e. The molecule has 134 valence electrons. The van der Waals surface area contributed by atoms with Crippen molar-refractivity contribution in [3.8, 4) is 0 Å². The van der Waals surface area contributed by atoms with Crippen molar-refractivity contribution in [2.45, 2.75) is 31.7 Å². The molecule has 0 aliphatic carbocycles. The van der Waals surface area contributed by atoms with Gasteiger partial charge in [-0.05, 0) is 25.0 Å². The summed E-state index contributed by atoms with van der Waals surface area (Å²) in [5.41, 5.74) is 0.852. The number of amides is 3. The van der Waals surface area contributed by atoms with E-state index in [-0.39, 0.29) is 43.0 Å². The highest BCUT2D eigenvalue weighted by Crippen LogP contribution is 2.19. The van der Waals surface area contributed by atoms with E-state index in [1.807, 2.05) is 0 Å². The van der Waals surface area contributed by atoms with Crippen LogP contribution in [0, 0.1) is 0 Å². The van der Waals surface area contributed by atoms with Crippen molar-refractivity contribution in [1.82, 2.24) is 10.6 Å². The fourth-order valence-corrected chi connectivity index (χ4v) is 2.44. The Morgan fingerprint density at radius 1 is 1.20 bits per heavy atom. The minimum Gasteiger partial charge on any atom is -0.469 e. The predicted octanol–water partition coefficient (Wildman–Crippen LogP) is 0.587. The lowest BCUT2D eigenvalue weighted by molar-refractivity contribution is -0.140. The first-order chi connectivity index (χ1) is 12.0. The SMILES string of the molecule is COC(=O)CCCNC(=O)CC[C@H]1NC(=O)c2ccccc2NC1=O. The Morgan fingerprint density at radius 3 is 2.72 bits per heavy atom. The van der Waals surface area contributed by atoms with Crippen LogP contribution in [0.1, 0.15) is 36.0 Å². The molecule has 0 aromatic heterocycles. The summed E-state index contributed by atoms with van der Waals surface area (Å²) in [6, 6.07) is 5.95. The van der Waals surface area contributed by atoms with Crippen molar-refractivity contribution in [1.29, 1.82) is 0 Å². The minimum absolute atomic E-state index is 0.0902. The zero-order chi connectivity index (χ0) is 18.2. The quantitative estimate of drug-likeness (QED) is 0.493. The molecule has 1 aromatic carbocycles. The number of para-hydroxylation sites is 1. The highest BCUT2D eigenvalue weighted by atomic mass is 16.5. The smallest absolute Gasteiger partial charge is 0.305 e. The minimum atomic E-state index is -0.777. The molecule has 1 aliphatic heterocycles. The van der Waals surface area contributed by atoms with Gasteiger partial charge >= 0.3 is 5.97 Å². The number of benzene rings is 1. The maximum Gasteiger partial charge on any atom is 0.305 e. The molecule has 3 amide bonds. The van der Waals surface area contributed by atoms with Crippen molar-refractivity contribution in [3.63, 3.8) is 0 Å². The van der Waals surface area contributed by atoms with Crippen LogP contribution in [0.25, 0.3) is 0 Å². The number of anilines is 1. The summed E-state index contributed by atoms with van der Waals surface area (Å²) in [7, 11) is 1.31. The van der Waals surface area contributed by atoms with Gasteiger partial charge in [0.05, 0.1) is 18.4 Å². The standard InChI is InChI=1S/C17H21N3O5/c1-25-15(22)7-4-10-18-14(21)9-8-13-17(24)19-12-6-3-2-5-11(12)16(23)20-13/h2-3,5-6,13H,4,7-10H2,1H3,(H,18,21)(H,19,24)(H,20,23)/t13-/m1/s1. The summed E-state index contributed by atoms with van der Waals surface area (Å²) in [5, 5.41) is 8.00. The molecule has 2 rings (SSSR count). The van der Waals surface area contributed by atoms with Crippen molar-refractivity contribution in [2.75, 3.05) is 19.0 Å². The van der Waals surface area contributed by atoms with Crippen molar-refractivity contribution >= 4 is 29.4 Å². The van der Waals surface area contributed by atoms with E-state index < -0.39 is 6.04 Å². The summed E-state index contributed by atoms with van der Waals surface area (Å²) in [6.07, 6.45) is 0.992. The summed E-state index contributed by atoms with van der Waals surface area (Å²) in [4.78, 5) is 47.1. The maximum absolute atomic E-state index is 12.2. The van der Waals surface area contributed by atoms with Crippen molar-refractivity contribution in [3.05, 3.63) is 29.8 Å². The van der Waals surface area contributed by atoms with E-state index in [9.17, 15) is 19.2 Å². The lowest BCUT2D eigenvalue weighted by atomic mass is 10.1. The number of hydrogen-bond acceptors (Lipinski definition) is 5. The molecule has 8 heteroatoms. The third-order valence-electron chi connectivity index (χ3n) is 3.82. The van der Waals surface area contributed by atoms with Crippen LogP contribution in [-0.2, 0) is 19.1 Å². The second kappa shape index (κ2) is 8.81. The van der Waals surface area contributed by atoms with Crippen molar-refractivity contribution in [2.24, 2.45) is 0 Å². The fraction of sp³-hybridized carbons (Fsp3) is 0.412. The van der Waals surface area contributed by atoms with Gasteiger partial charge in [-0.15, -0.1) is 0 Å². The number of ether oxygens (including phenoxy) is 1. The molecule has 0 fully saturated rings. The van der Waals surface area contributed by atoms with E-state index in [4.69, 9.17) is 0 Å². The number of methoxy groups -OCH3 is 1. The van der Waals surface area contributed by atoms with E-state index in [1.165, 1.54) is 7.11 Å². The number of carbonyl (C=O) groups excluding carboxylic acids is 4. The van der Waals surface area contributed by atoms with E-state index in [1.54, 1.807) is 24.3 Å². The number of carbonyl (C=O) groups is 4. The van der Waals surface area contributed by atoms with Gasteiger partial charge in [0.1, 0.15) is 6.04 Å². The van der Waals surface area contributed by atoms with Crippen LogP contribution < -0.4 is 16.0 Å². The molecule has 0 bridgehead atoms. The third kappa shape index (κ3) is 5.30. The van der Waals surface area contributed by atoms with Gasteiger partial charge in [-0.25, -0.2) is 0 Å². The molecule has 1 heterocycles. The zero-order valence-electron chi connectivity index (χ0n) is 14.0. The molecule has 0 radical (unpaired) electrons. The van der Waals surface area contributed by atoms with E-state index in [2.05, 4.69) is 20.7 Å². The van der Waals surface area contributed by atoms with Gasteiger partial charge < -0.3 is 20.7 Å². The van der Waals surface area contributed by atoms with Gasteiger partial charge in [0.15, 0.2) is 0 Å². The Bertz CT molecular complexity index is 674. The second-order valence-corrected chi connectivity index (χ2v) is 5.63. The Morgan fingerprint density at radius 2 is 1.96 bits per heavy atom. The van der Waals surface area contributed by atoms with E-state index >= 15 is 0 Å². The number of fused-ring (bicyclic) bond motifs is 1. The summed E-state index contributed by atoms with van der Waals surface area (Å²) in [5.74, 6) is -1.27. The normalized spacial score (nSPS) is 16.1. The van der Waals surface area contributed by atoms with Crippen LogP contribution >= 0.6 is 0 Å². The lowest BCUT2D eigenvalue weighted by Gasteiger charge is -2.14. The Labute approximate surface area is 145 Å².